The van der Waals surface area contributed by atoms with Crippen LogP contribution in [-0.4, -0.2) is 35.5 Å². The summed E-state index contributed by atoms with van der Waals surface area (Å²) in [7, 11) is 3.12. The Hall–Kier alpha value is -2.51. The van der Waals surface area contributed by atoms with Gasteiger partial charge in [0.05, 0.1) is 19.5 Å². The van der Waals surface area contributed by atoms with Crippen molar-refractivity contribution in [1.29, 1.82) is 0 Å². The first-order valence-electron chi connectivity index (χ1n) is 8.04. The summed E-state index contributed by atoms with van der Waals surface area (Å²) in [4.78, 5) is 12.5. The Morgan fingerprint density at radius 3 is 2.44 bits per heavy atom. The highest BCUT2D eigenvalue weighted by Gasteiger charge is 2.20. The first kappa shape index (κ1) is 19.3. The Kier molecular flexibility index (Phi) is 6.03. The molecule has 2 aromatic carbocycles. The molecule has 0 aliphatic rings. The fraction of sp³-hybridized carbons (Fsp3) is 0.211. The molecule has 1 heterocycles. The number of hydrogen-bond acceptors (Lipinski definition) is 7. The lowest BCUT2D eigenvalue weighted by Crippen LogP contribution is -2.13. The molecule has 0 N–H and O–H groups in total. The van der Waals surface area contributed by atoms with Gasteiger partial charge in [-0.05, 0) is 49.4 Å². The van der Waals surface area contributed by atoms with Crippen molar-refractivity contribution >= 4 is 29.1 Å². The van der Waals surface area contributed by atoms with E-state index in [9.17, 15) is 4.79 Å². The standard InChI is InChI=1S/C19H17ClN2O4S/c1-11(17(23)12-4-7-14(20)8-5-12)27-19-22-21-18(26-19)13-6-9-15(24-2)16(10-13)25-3/h4-11H,1-3H3/t11-/m1/s1. The SMILES string of the molecule is COc1ccc(-c2nnc(S[C@H](C)C(=O)c3ccc(Cl)cc3)o2)cc1OC. The smallest absolute Gasteiger partial charge is 0.277 e. The van der Waals surface area contributed by atoms with Gasteiger partial charge in [0.25, 0.3) is 5.22 Å². The van der Waals surface area contributed by atoms with Crippen molar-refractivity contribution in [3.63, 3.8) is 0 Å². The van der Waals surface area contributed by atoms with Crippen LogP contribution < -0.4 is 9.47 Å². The molecule has 0 amide bonds. The topological polar surface area (TPSA) is 74.5 Å². The van der Waals surface area contributed by atoms with E-state index in [1.54, 1.807) is 63.6 Å². The summed E-state index contributed by atoms with van der Waals surface area (Å²) in [5, 5.41) is 8.59. The van der Waals surface area contributed by atoms with Crippen LogP contribution in [-0.2, 0) is 0 Å². The van der Waals surface area contributed by atoms with E-state index in [4.69, 9.17) is 25.5 Å². The molecule has 0 aliphatic carbocycles. The van der Waals surface area contributed by atoms with Gasteiger partial charge in [0.2, 0.25) is 5.89 Å². The molecule has 0 aliphatic heterocycles. The minimum Gasteiger partial charge on any atom is -0.493 e. The van der Waals surface area contributed by atoms with Crippen molar-refractivity contribution in [3.05, 3.63) is 53.1 Å². The van der Waals surface area contributed by atoms with Gasteiger partial charge in [-0.2, -0.15) is 0 Å². The van der Waals surface area contributed by atoms with E-state index >= 15 is 0 Å². The molecule has 0 spiro atoms. The maximum atomic E-state index is 12.5. The zero-order valence-corrected chi connectivity index (χ0v) is 16.5. The van der Waals surface area contributed by atoms with E-state index in [2.05, 4.69) is 10.2 Å². The zero-order chi connectivity index (χ0) is 19.4. The molecule has 3 rings (SSSR count). The predicted octanol–water partition coefficient (Wildman–Crippen LogP) is 4.77. The highest BCUT2D eigenvalue weighted by molar-refractivity contribution is 8.00. The molecule has 140 valence electrons. The van der Waals surface area contributed by atoms with Gasteiger partial charge in [0, 0.05) is 16.1 Å². The fourth-order valence-electron chi connectivity index (χ4n) is 2.40. The Morgan fingerprint density at radius 1 is 1.07 bits per heavy atom. The van der Waals surface area contributed by atoms with Crippen LogP contribution in [0.4, 0.5) is 0 Å². The number of rotatable bonds is 7. The number of ketones is 1. The van der Waals surface area contributed by atoms with Gasteiger partial charge in [-0.3, -0.25) is 4.79 Å². The van der Waals surface area contributed by atoms with Gasteiger partial charge < -0.3 is 13.9 Å². The summed E-state index contributed by atoms with van der Waals surface area (Å²) >= 11 is 7.07. The van der Waals surface area contributed by atoms with Crippen LogP contribution in [0.15, 0.2) is 52.1 Å². The van der Waals surface area contributed by atoms with Crippen molar-refractivity contribution in [2.45, 2.75) is 17.4 Å². The van der Waals surface area contributed by atoms with Crippen molar-refractivity contribution in [2.24, 2.45) is 0 Å². The number of methoxy groups -OCH3 is 2. The van der Waals surface area contributed by atoms with Crippen LogP contribution in [0.1, 0.15) is 17.3 Å². The molecule has 0 fully saturated rings. The number of carbonyl (C=O) groups is 1. The Morgan fingerprint density at radius 2 is 1.78 bits per heavy atom. The number of Topliss-reactive ketones (excluding diaryl/α,β-unsaturated/α-hetero) is 1. The minimum atomic E-state index is -0.384. The highest BCUT2D eigenvalue weighted by Crippen LogP contribution is 2.33. The molecule has 0 saturated heterocycles. The van der Waals surface area contributed by atoms with Gasteiger partial charge in [-0.1, -0.05) is 23.4 Å². The lowest BCUT2D eigenvalue weighted by molar-refractivity contribution is 0.0993. The van der Waals surface area contributed by atoms with Crippen LogP contribution in [0.25, 0.3) is 11.5 Å². The van der Waals surface area contributed by atoms with Crippen LogP contribution in [0.3, 0.4) is 0 Å². The van der Waals surface area contributed by atoms with Crippen molar-refractivity contribution < 1.29 is 18.7 Å². The Labute approximate surface area is 165 Å². The van der Waals surface area contributed by atoms with Crippen LogP contribution >= 0.6 is 23.4 Å². The lowest BCUT2D eigenvalue weighted by Gasteiger charge is -2.08. The molecule has 3 aromatic rings. The lowest BCUT2D eigenvalue weighted by atomic mass is 10.1. The third-order valence-electron chi connectivity index (χ3n) is 3.81. The largest absolute Gasteiger partial charge is 0.493 e. The van der Waals surface area contributed by atoms with Gasteiger partial charge in [-0.15, -0.1) is 10.2 Å². The number of ether oxygens (including phenoxy) is 2. The van der Waals surface area contributed by atoms with E-state index in [0.717, 1.165) is 0 Å². The third kappa shape index (κ3) is 4.43. The number of nitrogens with zero attached hydrogens (tertiary/aromatic N) is 2. The van der Waals surface area contributed by atoms with Crippen molar-refractivity contribution in [1.82, 2.24) is 10.2 Å². The van der Waals surface area contributed by atoms with E-state index in [1.807, 2.05) is 0 Å². The molecule has 6 nitrogen and oxygen atoms in total. The predicted molar refractivity (Wildman–Crippen MR) is 104 cm³/mol. The first-order chi connectivity index (χ1) is 13.0. The summed E-state index contributed by atoms with van der Waals surface area (Å²) in [6, 6.07) is 12.1. The quantitative estimate of drug-likeness (QED) is 0.414. The number of thioether (sulfide) groups is 1. The van der Waals surface area contributed by atoms with Gasteiger partial charge in [0.15, 0.2) is 17.3 Å². The first-order valence-corrected chi connectivity index (χ1v) is 9.30. The maximum Gasteiger partial charge on any atom is 0.277 e. The average Bonchev–Trinajstić information content (AvgIpc) is 3.15. The average molecular weight is 405 g/mol. The van der Waals surface area contributed by atoms with Crippen LogP contribution in [0.5, 0.6) is 11.5 Å². The molecular formula is C19H17ClN2O4S. The number of hydrogen-bond donors (Lipinski definition) is 0. The van der Waals surface area contributed by atoms with Gasteiger partial charge in [0.1, 0.15) is 0 Å². The maximum absolute atomic E-state index is 12.5. The molecule has 0 unspecified atom stereocenters. The van der Waals surface area contributed by atoms with E-state index in [0.29, 0.717) is 38.8 Å². The molecule has 27 heavy (non-hydrogen) atoms. The van der Waals surface area contributed by atoms with Crippen molar-refractivity contribution in [2.75, 3.05) is 14.2 Å². The second-order valence-electron chi connectivity index (χ2n) is 5.57. The number of halogens is 1. The summed E-state index contributed by atoms with van der Waals surface area (Å²) in [6.45, 7) is 1.79. The van der Waals surface area contributed by atoms with E-state index in [1.165, 1.54) is 11.8 Å². The summed E-state index contributed by atoms with van der Waals surface area (Å²) in [5.74, 6) is 1.47. The Balaban J connectivity index is 1.74. The molecule has 8 heteroatoms. The fourth-order valence-corrected chi connectivity index (χ4v) is 3.28. The number of carbonyl (C=O) groups excluding carboxylic acids is 1. The van der Waals surface area contributed by atoms with Crippen molar-refractivity contribution in [3.8, 4) is 23.0 Å². The zero-order valence-electron chi connectivity index (χ0n) is 14.9. The minimum absolute atomic E-state index is 0.0393. The molecule has 0 saturated carbocycles. The summed E-state index contributed by atoms with van der Waals surface area (Å²) < 4.78 is 16.2. The molecule has 0 radical (unpaired) electrons. The highest BCUT2D eigenvalue weighted by atomic mass is 35.5. The van der Waals surface area contributed by atoms with Gasteiger partial charge >= 0.3 is 0 Å². The summed E-state index contributed by atoms with van der Waals surface area (Å²) in [6.07, 6.45) is 0. The normalized spacial score (nSPS) is 11.9. The molecule has 1 aromatic heterocycles. The van der Waals surface area contributed by atoms with Crippen LogP contribution in [0, 0.1) is 0 Å². The molecule has 0 bridgehead atoms. The molecular weight excluding hydrogens is 388 g/mol. The number of aromatic nitrogens is 2. The second kappa shape index (κ2) is 8.45. The summed E-state index contributed by atoms with van der Waals surface area (Å²) in [5.41, 5.74) is 1.28. The molecule has 1 atom stereocenters. The van der Waals surface area contributed by atoms with Gasteiger partial charge in [-0.25, -0.2) is 0 Å². The van der Waals surface area contributed by atoms with Crippen LogP contribution in [0.2, 0.25) is 5.02 Å². The third-order valence-corrected chi connectivity index (χ3v) is 5.00. The second-order valence-corrected chi connectivity index (χ2v) is 7.30. The monoisotopic (exact) mass is 404 g/mol. The number of benzene rings is 2. The van der Waals surface area contributed by atoms with E-state index in [-0.39, 0.29) is 11.0 Å². The Bertz CT molecular complexity index is 943. The van der Waals surface area contributed by atoms with E-state index < -0.39 is 0 Å².